The smallest absolute Gasteiger partial charge is 0.126 e. The van der Waals surface area contributed by atoms with Crippen molar-refractivity contribution in [1.82, 2.24) is 9.88 Å². The van der Waals surface area contributed by atoms with Crippen LogP contribution in [0.3, 0.4) is 0 Å². The van der Waals surface area contributed by atoms with E-state index in [-0.39, 0.29) is 0 Å². The molecule has 1 atom stereocenters. The van der Waals surface area contributed by atoms with E-state index in [0.717, 1.165) is 25.2 Å². The summed E-state index contributed by atoms with van der Waals surface area (Å²) in [4.78, 5) is 7.57. The van der Waals surface area contributed by atoms with Crippen molar-refractivity contribution in [2.75, 3.05) is 18.4 Å². The topological polar surface area (TPSA) is 28.2 Å². The highest BCUT2D eigenvalue weighted by atomic mass is 15.1. The van der Waals surface area contributed by atoms with E-state index in [1.165, 1.54) is 49.2 Å². The number of aryl methyl sites for hydroxylation is 1. The minimum atomic E-state index is 0.692. The molecule has 2 aromatic rings. The number of nitrogens with zero attached hydrogens (tertiary/aromatic N) is 2. The Kier molecular flexibility index (Phi) is 6.46. The first-order valence-electron chi connectivity index (χ1n) is 9.80. The fraction of sp³-hybridized carbons (Fsp3) is 0.500. The summed E-state index contributed by atoms with van der Waals surface area (Å²) in [5.74, 6) is 1.00. The monoisotopic (exact) mass is 337 g/mol. The van der Waals surface area contributed by atoms with Crippen molar-refractivity contribution in [2.45, 2.75) is 58.5 Å². The summed E-state index contributed by atoms with van der Waals surface area (Å²) in [5, 5.41) is 3.46. The molecule has 3 nitrogen and oxygen atoms in total. The lowest BCUT2D eigenvalue weighted by molar-refractivity contribution is 0.179. The third-order valence-electron chi connectivity index (χ3n) is 5.09. The maximum absolute atomic E-state index is 4.88. The van der Waals surface area contributed by atoms with E-state index >= 15 is 0 Å². The molecule has 0 amide bonds. The molecule has 0 bridgehead atoms. The summed E-state index contributed by atoms with van der Waals surface area (Å²) in [7, 11) is 0. The van der Waals surface area contributed by atoms with Crippen LogP contribution in [0.15, 0.2) is 42.5 Å². The molecule has 3 heteroatoms. The molecule has 1 heterocycles. The average molecular weight is 338 g/mol. The van der Waals surface area contributed by atoms with Crippen LogP contribution in [-0.2, 0) is 19.4 Å². The molecule has 134 valence electrons. The highest BCUT2D eigenvalue weighted by Crippen LogP contribution is 2.25. The van der Waals surface area contributed by atoms with Crippen molar-refractivity contribution in [2.24, 2.45) is 0 Å². The Morgan fingerprint density at radius 3 is 2.52 bits per heavy atom. The van der Waals surface area contributed by atoms with Crippen LogP contribution in [0.1, 0.15) is 49.9 Å². The van der Waals surface area contributed by atoms with E-state index in [4.69, 9.17) is 4.98 Å². The zero-order valence-electron chi connectivity index (χ0n) is 15.7. The van der Waals surface area contributed by atoms with E-state index in [9.17, 15) is 0 Å². The number of hydrogen-bond acceptors (Lipinski definition) is 3. The lowest BCUT2D eigenvalue weighted by atomic mass is 9.90. The van der Waals surface area contributed by atoms with E-state index in [0.29, 0.717) is 6.04 Å². The van der Waals surface area contributed by atoms with Crippen LogP contribution in [0.4, 0.5) is 5.82 Å². The van der Waals surface area contributed by atoms with Crippen molar-refractivity contribution in [1.29, 1.82) is 0 Å². The van der Waals surface area contributed by atoms with E-state index < -0.39 is 0 Å². The molecule has 1 N–H and O–H groups in total. The van der Waals surface area contributed by atoms with Gasteiger partial charge in [-0.3, -0.25) is 0 Å². The van der Waals surface area contributed by atoms with E-state index in [2.05, 4.69) is 66.5 Å². The number of rotatable bonds is 8. The first kappa shape index (κ1) is 17.9. The number of nitrogens with one attached hydrogen (secondary N) is 1. The highest BCUT2D eigenvalue weighted by molar-refractivity contribution is 5.40. The number of anilines is 1. The second-order valence-corrected chi connectivity index (χ2v) is 7.07. The first-order chi connectivity index (χ1) is 12.3. The van der Waals surface area contributed by atoms with Crippen LogP contribution < -0.4 is 5.32 Å². The SMILES string of the molecule is CCCN(CCC)C1CCc2nc(NCc3ccccc3)ccc2C1. The molecular formula is C22H31N3. The predicted molar refractivity (Wildman–Crippen MR) is 106 cm³/mol. The third kappa shape index (κ3) is 4.82. The summed E-state index contributed by atoms with van der Waals surface area (Å²) in [6.45, 7) is 7.84. The quantitative estimate of drug-likeness (QED) is 0.758. The maximum Gasteiger partial charge on any atom is 0.126 e. The van der Waals surface area contributed by atoms with Gasteiger partial charge in [0.05, 0.1) is 0 Å². The molecule has 0 spiro atoms. The fourth-order valence-electron chi connectivity index (χ4n) is 3.84. The zero-order valence-corrected chi connectivity index (χ0v) is 15.7. The number of pyridine rings is 1. The van der Waals surface area contributed by atoms with Gasteiger partial charge in [0, 0.05) is 18.3 Å². The van der Waals surface area contributed by atoms with Crippen molar-refractivity contribution in [3.8, 4) is 0 Å². The molecule has 0 fully saturated rings. The Hall–Kier alpha value is -1.87. The van der Waals surface area contributed by atoms with Gasteiger partial charge < -0.3 is 10.2 Å². The summed E-state index contributed by atoms with van der Waals surface area (Å²) < 4.78 is 0. The molecule has 3 rings (SSSR count). The van der Waals surface area contributed by atoms with Crippen LogP contribution >= 0.6 is 0 Å². The average Bonchev–Trinajstić information content (AvgIpc) is 2.66. The Bertz CT molecular complexity index is 648. The Labute approximate surface area is 152 Å². The molecule has 1 aliphatic carbocycles. The Morgan fingerprint density at radius 1 is 1.04 bits per heavy atom. The molecule has 0 aliphatic heterocycles. The second-order valence-electron chi connectivity index (χ2n) is 7.07. The number of fused-ring (bicyclic) bond motifs is 1. The van der Waals surface area contributed by atoms with Gasteiger partial charge in [-0.25, -0.2) is 4.98 Å². The van der Waals surface area contributed by atoms with Gasteiger partial charge in [-0.15, -0.1) is 0 Å². The Balaban J connectivity index is 1.62. The van der Waals surface area contributed by atoms with Crippen LogP contribution in [0.25, 0.3) is 0 Å². The lowest BCUT2D eigenvalue weighted by Crippen LogP contribution is -2.40. The third-order valence-corrected chi connectivity index (χ3v) is 5.09. The van der Waals surface area contributed by atoms with Crippen LogP contribution in [0, 0.1) is 0 Å². The van der Waals surface area contributed by atoms with Crippen molar-refractivity contribution in [3.05, 3.63) is 59.3 Å². The van der Waals surface area contributed by atoms with E-state index in [1.807, 2.05) is 0 Å². The summed E-state index contributed by atoms with van der Waals surface area (Å²) in [6.07, 6.45) is 5.97. The molecule has 1 unspecified atom stereocenters. The molecule has 1 aliphatic rings. The normalized spacial score (nSPS) is 16.7. The minimum absolute atomic E-state index is 0.692. The summed E-state index contributed by atoms with van der Waals surface area (Å²) in [6, 6.07) is 15.6. The molecule has 0 radical (unpaired) electrons. The van der Waals surface area contributed by atoms with Crippen LogP contribution in [0.5, 0.6) is 0 Å². The molecular weight excluding hydrogens is 306 g/mol. The van der Waals surface area contributed by atoms with Gasteiger partial charge in [0.2, 0.25) is 0 Å². The largest absolute Gasteiger partial charge is 0.366 e. The second kappa shape index (κ2) is 9.00. The number of hydrogen-bond donors (Lipinski definition) is 1. The molecule has 1 aromatic carbocycles. The van der Waals surface area contributed by atoms with Crippen LogP contribution in [-0.4, -0.2) is 29.0 Å². The minimum Gasteiger partial charge on any atom is -0.366 e. The van der Waals surface area contributed by atoms with Crippen molar-refractivity contribution >= 4 is 5.82 Å². The van der Waals surface area contributed by atoms with Gasteiger partial charge in [0.15, 0.2) is 0 Å². The summed E-state index contributed by atoms with van der Waals surface area (Å²) in [5.41, 5.74) is 4.03. The molecule has 0 saturated carbocycles. The molecule has 25 heavy (non-hydrogen) atoms. The van der Waals surface area contributed by atoms with Gasteiger partial charge in [-0.1, -0.05) is 50.2 Å². The first-order valence-corrected chi connectivity index (χ1v) is 9.80. The highest BCUT2D eigenvalue weighted by Gasteiger charge is 2.24. The standard InChI is InChI=1S/C22H31N3/c1-3-14-25(15-4-2)20-11-12-21-19(16-20)10-13-22(24-21)23-17-18-8-6-5-7-9-18/h5-10,13,20H,3-4,11-12,14-17H2,1-2H3,(H,23,24). The lowest BCUT2D eigenvalue weighted by Gasteiger charge is -2.34. The number of aromatic nitrogens is 1. The maximum atomic E-state index is 4.88. The fourth-order valence-corrected chi connectivity index (χ4v) is 3.84. The van der Waals surface area contributed by atoms with Crippen molar-refractivity contribution < 1.29 is 0 Å². The predicted octanol–water partition coefficient (Wildman–Crippen LogP) is 4.67. The summed E-state index contributed by atoms with van der Waals surface area (Å²) >= 11 is 0. The van der Waals surface area contributed by atoms with Gasteiger partial charge in [-0.2, -0.15) is 0 Å². The Morgan fingerprint density at radius 2 is 1.80 bits per heavy atom. The molecule has 1 aromatic heterocycles. The van der Waals surface area contributed by atoms with Gasteiger partial charge in [0.1, 0.15) is 5.82 Å². The van der Waals surface area contributed by atoms with Crippen LogP contribution in [0.2, 0.25) is 0 Å². The van der Waals surface area contributed by atoms with Crippen molar-refractivity contribution in [3.63, 3.8) is 0 Å². The van der Waals surface area contributed by atoms with Gasteiger partial charge in [-0.05, 0) is 62.4 Å². The van der Waals surface area contributed by atoms with E-state index in [1.54, 1.807) is 0 Å². The number of benzene rings is 1. The van der Waals surface area contributed by atoms with Gasteiger partial charge >= 0.3 is 0 Å². The zero-order chi connectivity index (χ0) is 17.5. The van der Waals surface area contributed by atoms with Gasteiger partial charge in [0.25, 0.3) is 0 Å². The molecule has 0 saturated heterocycles.